The van der Waals surface area contributed by atoms with Gasteiger partial charge in [0.15, 0.2) is 5.82 Å². The quantitative estimate of drug-likeness (QED) is 0.855. The number of rotatable bonds is 3. The fourth-order valence-corrected chi connectivity index (χ4v) is 1.38. The summed E-state index contributed by atoms with van der Waals surface area (Å²) in [6, 6.07) is 6.77. The Bertz CT molecular complexity index is 505. The van der Waals surface area contributed by atoms with E-state index in [1.807, 2.05) is 0 Å². The average Bonchev–Trinajstić information content (AvgIpc) is 2.65. The smallest absolute Gasteiger partial charge is 0.307 e. The van der Waals surface area contributed by atoms with Crippen LogP contribution in [0.5, 0.6) is 0 Å². The molecule has 1 N–H and O–H groups in total. The van der Waals surface area contributed by atoms with Crippen LogP contribution in [0.25, 0.3) is 5.69 Å². The van der Waals surface area contributed by atoms with Gasteiger partial charge in [0, 0.05) is 0 Å². The Kier molecular flexibility index (Phi) is 2.68. The molecule has 0 saturated carbocycles. The van der Waals surface area contributed by atoms with Crippen LogP contribution in [0.4, 0.5) is 4.39 Å². The molecule has 5 heteroatoms. The van der Waals surface area contributed by atoms with Crippen LogP contribution in [0.2, 0.25) is 0 Å². The first-order valence-corrected chi connectivity index (χ1v) is 4.66. The molecule has 1 heterocycles. The second-order valence-corrected chi connectivity index (χ2v) is 3.34. The summed E-state index contributed by atoms with van der Waals surface area (Å²) in [6.45, 7) is 0. The van der Waals surface area contributed by atoms with Crippen molar-refractivity contribution in [3.63, 3.8) is 0 Å². The Labute approximate surface area is 90.9 Å². The minimum Gasteiger partial charge on any atom is -0.481 e. The topological polar surface area (TPSA) is 55.1 Å². The van der Waals surface area contributed by atoms with E-state index < -0.39 is 11.8 Å². The standard InChI is InChI=1S/C11H9FN2O2/c12-9-6-13-14(7-9)10-3-1-8(2-4-10)5-11(15)16/h1-4,6-7H,5H2,(H,15,16). The molecule has 2 aromatic rings. The number of aliphatic carboxylic acids is 1. The minimum atomic E-state index is -0.877. The van der Waals surface area contributed by atoms with E-state index >= 15 is 0 Å². The van der Waals surface area contributed by atoms with Gasteiger partial charge in [-0.15, -0.1) is 0 Å². The van der Waals surface area contributed by atoms with Gasteiger partial charge >= 0.3 is 5.97 Å². The first-order valence-electron chi connectivity index (χ1n) is 4.66. The van der Waals surface area contributed by atoms with Gasteiger partial charge in [0.05, 0.1) is 24.5 Å². The maximum Gasteiger partial charge on any atom is 0.307 e. The lowest BCUT2D eigenvalue weighted by atomic mass is 10.1. The monoisotopic (exact) mass is 220 g/mol. The van der Waals surface area contributed by atoms with Crippen LogP contribution in [-0.4, -0.2) is 20.9 Å². The van der Waals surface area contributed by atoms with Crippen molar-refractivity contribution in [2.24, 2.45) is 0 Å². The van der Waals surface area contributed by atoms with E-state index in [4.69, 9.17) is 5.11 Å². The number of nitrogens with zero attached hydrogens (tertiary/aromatic N) is 2. The second-order valence-electron chi connectivity index (χ2n) is 3.34. The van der Waals surface area contributed by atoms with Gasteiger partial charge in [0.2, 0.25) is 0 Å². The number of halogens is 1. The number of benzene rings is 1. The van der Waals surface area contributed by atoms with E-state index in [1.165, 1.54) is 10.9 Å². The van der Waals surface area contributed by atoms with Crippen LogP contribution in [0.1, 0.15) is 5.56 Å². The number of aromatic nitrogens is 2. The van der Waals surface area contributed by atoms with Crippen molar-refractivity contribution in [3.8, 4) is 5.69 Å². The fraction of sp³-hybridized carbons (Fsp3) is 0.0909. The summed E-state index contributed by atoms with van der Waals surface area (Å²) in [5.74, 6) is -1.28. The molecule has 0 radical (unpaired) electrons. The Morgan fingerprint density at radius 3 is 2.56 bits per heavy atom. The van der Waals surface area contributed by atoms with Gasteiger partial charge in [0.25, 0.3) is 0 Å². The summed E-state index contributed by atoms with van der Waals surface area (Å²) >= 11 is 0. The molecule has 0 aliphatic rings. The predicted octanol–water partition coefficient (Wildman–Crippen LogP) is 1.64. The lowest BCUT2D eigenvalue weighted by molar-refractivity contribution is -0.136. The molecule has 0 unspecified atom stereocenters. The molecule has 0 bridgehead atoms. The van der Waals surface area contributed by atoms with Gasteiger partial charge in [-0.25, -0.2) is 9.07 Å². The highest BCUT2D eigenvalue weighted by atomic mass is 19.1. The molecule has 4 nitrogen and oxygen atoms in total. The van der Waals surface area contributed by atoms with Crippen molar-refractivity contribution in [2.45, 2.75) is 6.42 Å². The molecule has 2 rings (SSSR count). The third-order valence-corrected chi connectivity index (χ3v) is 2.11. The van der Waals surface area contributed by atoms with Crippen molar-refractivity contribution in [1.29, 1.82) is 0 Å². The molecule has 1 aromatic carbocycles. The minimum absolute atomic E-state index is 0.0201. The number of hydrogen-bond donors (Lipinski definition) is 1. The highest BCUT2D eigenvalue weighted by Gasteiger charge is 2.02. The normalized spacial score (nSPS) is 10.3. The van der Waals surface area contributed by atoms with E-state index in [-0.39, 0.29) is 6.42 Å². The molecule has 0 aliphatic carbocycles. The van der Waals surface area contributed by atoms with Gasteiger partial charge in [-0.1, -0.05) is 12.1 Å². The highest BCUT2D eigenvalue weighted by molar-refractivity contribution is 5.70. The Balaban J connectivity index is 2.22. The van der Waals surface area contributed by atoms with Crippen molar-refractivity contribution < 1.29 is 14.3 Å². The van der Waals surface area contributed by atoms with E-state index in [9.17, 15) is 9.18 Å². The molecule has 1 aromatic heterocycles. The van der Waals surface area contributed by atoms with Crippen molar-refractivity contribution in [3.05, 3.63) is 48.0 Å². The number of carboxylic acids is 1. The first-order chi connectivity index (χ1) is 7.65. The molecule has 0 amide bonds. The molecule has 0 spiro atoms. The largest absolute Gasteiger partial charge is 0.481 e. The number of carbonyl (C=O) groups is 1. The predicted molar refractivity (Wildman–Crippen MR) is 54.9 cm³/mol. The maximum atomic E-state index is 12.7. The number of carboxylic acid groups (broad SMARTS) is 1. The summed E-state index contributed by atoms with van der Waals surface area (Å²) in [5.41, 5.74) is 1.39. The van der Waals surface area contributed by atoms with Crippen molar-refractivity contribution in [2.75, 3.05) is 0 Å². The first kappa shape index (κ1) is 10.4. The zero-order valence-corrected chi connectivity index (χ0v) is 8.30. The fourth-order valence-electron chi connectivity index (χ4n) is 1.38. The SMILES string of the molecule is O=C(O)Cc1ccc(-n2cc(F)cn2)cc1. The lowest BCUT2D eigenvalue weighted by Crippen LogP contribution is -2.00. The van der Waals surface area contributed by atoms with E-state index in [0.717, 1.165) is 6.20 Å². The molecule has 0 aliphatic heterocycles. The van der Waals surface area contributed by atoms with Crippen molar-refractivity contribution in [1.82, 2.24) is 9.78 Å². The molecule has 0 atom stereocenters. The zero-order valence-electron chi connectivity index (χ0n) is 8.30. The van der Waals surface area contributed by atoms with Crippen molar-refractivity contribution >= 4 is 5.97 Å². The third kappa shape index (κ3) is 2.25. The van der Waals surface area contributed by atoms with Gasteiger partial charge in [-0.3, -0.25) is 4.79 Å². The van der Waals surface area contributed by atoms with Crippen LogP contribution in [0.3, 0.4) is 0 Å². The summed E-state index contributed by atoms with van der Waals surface area (Å²) in [5, 5.41) is 12.4. The molecular weight excluding hydrogens is 211 g/mol. The highest BCUT2D eigenvalue weighted by Crippen LogP contribution is 2.10. The summed E-state index contributed by atoms with van der Waals surface area (Å²) in [7, 11) is 0. The Hall–Kier alpha value is -2.17. The van der Waals surface area contributed by atoms with Crippen LogP contribution in [0, 0.1) is 5.82 Å². The van der Waals surface area contributed by atoms with Crippen LogP contribution < -0.4 is 0 Å². The second kappa shape index (κ2) is 4.14. The van der Waals surface area contributed by atoms with Crippen LogP contribution in [-0.2, 0) is 11.2 Å². The van der Waals surface area contributed by atoms with Crippen LogP contribution >= 0.6 is 0 Å². The molecular formula is C11H9FN2O2. The van der Waals surface area contributed by atoms with Gasteiger partial charge in [-0.05, 0) is 17.7 Å². The van der Waals surface area contributed by atoms with Gasteiger partial charge in [-0.2, -0.15) is 5.10 Å². The van der Waals surface area contributed by atoms with E-state index in [1.54, 1.807) is 24.3 Å². The number of hydrogen-bond acceptors (Lipinski definition) is 2. The van der Waals surface area contributed by atoms with E-state index in [2.05, 4.69) is 5.10 Å². The van der Waals surface area contributed by atoms with Gasteiger partial charge < -0.3 is 5.11 Å². The summed E-state index contributed by atoms with van der Waals surface area (Å²) in [6.07, 6.45) is 2.35. The molecule has 0 saturated heterocycles. The van der Waals surface area contributed by atoms with Crippen LogP contribution in [0.15, 0.2) is 36.7 Å². The molecule has 82 valence electrons. The Morgan fingerprint density at radius 2 is 2.06 bits per heavy atom. The lowest BCUT2D eigenvalue weighted by Gasteiger charge is -2.02. The zero-order chi connectivity index (χ0) is 11.5. The third-order valence-electron chi connectivity index (χ3n) is 2.11. The van der Waals surface area contributed by atoms with E-state index in [0.29, 0.717) is 11.3 Å². The molecule has 16 heavy (non-hydrogen) atoms. The van der Waals surface area contributed by atoms with Gasteiger partial charge in [0.1, 0.15) is 0 Å². The summed E-state index contributed by atoms with van der Waals surface area (Å²) in [4.78, 5) is 10.5. The Morgan fingerprint density at radius 1 is 1.38 bits per heavy atom. The summed E-state index contributed by atoms with van der Waals surface area (Å²) < 4.78 is 14.1. The maximum absolute atomic E-state index is 12.7. The average molecular weight is 220 g/mol. The molecule has 0 fully saturated rings.